The lowest BCUT2D eigenvalue weighted by Gasteiger charge is -2.13. The number of aromatic nitrogens is 1. The number of nitrogens with one attached hydrogen (secondary N) is 1. The van der Waals surface area contributed by atoms with Crippen LogP contribution >= 0.6 is 0 Å². The third kappa shape index (κ3) is 4.48. The quantitative estimate of drug-likeness (QED) is 0.803. The van der Waals surface area contributed by atoms with Crippen molar-refractivity contribution in [3.63, 3.8) is 0 Å². The largest absolute Gasteiger partial charge is 0.489 e. The minimum Gasteiger partial charge on any atom is -0.489 e. The van der Waals surface area contributed by atoms with Crippen LogP contribution < -0.4 is 15.8 Å². The standard InChI is InChI=1S/C17H21N3O2/c1-12(2)22-15-4-3-10-19-16(15)17(21)20-11-9-13-5-7-14(18)8-6-13/h3-8,10,12H,9,11,18H2,1-2H3,(H,20,21). The van der Waals surface area contributed by atoms with Crippen LogP contribution in [0.3, 0.4) is 0 Å². The maximum absolute atomic E-state index is 12.2. The average molecular weight is 299 g/mol. The molecule has 5 nitrogen and oxygen atoms in total. The van der Waals surface area contributed by atoms with Gasteiger partial charge in [0.1, 0.15) is 0 Å². The van der Waals surface area contributed by atoms with Gasteiger partial charge in [-0.15, -0.1) is 0 Å². The first kappa shape index (κ1) is 15.8. The van der Waals surface area contributed by atoms with E-state index < -0.39 is 0 Å². The maximum atomic E-state index is 12.2. The van der Waals surface area contributed by atoms with Crippen molar-refractivity contribution in [1.29, 1.82) is 0 Å². The van der Waals surface area contributed by atoms with E-state index in [1.54, 1.807) is 18.3 Å². The van der Waals surface area contributed by atoms with Crippen LogP contribution in [0.1, 0.15) is 29.9 Å². The van der Waals surface area contributed by atoms with Gasteiger partial charge in [0, 0.05) is 18.4 Å². The maximum Gasteiger partial charge on any atom is 0.273 e. The molecule has 0 fully saturated rings. The number of pyridine rings is 1. The van der Waals surface area contributed by atoms with Gasteiger partial charge < -0.3 is 15.8 Å². The van der Waals surface area contributed by atoms with Crippen LogP contribution in [0.2, 0.25) is 0 Å². The van der Waals surface area contributed by atoms with Gasteiger partial charge in [0.05, 0.1) is 6.10 Å². The summed E-state index contributed by atoms with van der Waals surface area (Å²) in [6.07, 6.45) is 2.31. The second-order valence-electron chi connectivity index (χ2n) is 5.26. The zero-order valence-electron chi connectivity index (χ0n) is 12.9. The average Bonchev–Trinajstić information content (AvgIpc) is 2.49. The Balaban J connectivity index is 1.93. The molecule has 116 valence electrons. The van der Waals surface area contributed by atoms with Gasteiger partial charge in [0.2, 0.25) is 0 Å². The molecule has 0 bridgehead atoms. The number of anilines is 1. The normalized spacial score (nSPS) is 10.5. The summed E-state index contributed by atoms with van der Waals surface area (Å²) < 4.78 is 5.61. The number of benzene rings is 1. The van der Waals surface area contributed by atoms with Gasteiger partial charge in [0.15, 0.2) is 11.4 Å². The lowest BCUT2D eigenvalue weighted by Crippen LogP contribution is -2.27. The molecule has 0 saturated heterocycles. The van der Waals surface area contributed by atoms with E-state index in [1.807, 2.05) is 38.1 Å². The molecule has 1 amide bonds. The smallest absolute Gasteiger partial charge is 0.273 e. The Morgan fingerprint density at radius 2 is 2.00 bits per heavy atom. The molecule has 1 aromatic carbocycles. The van der Waals surface area contributed by atoms with Crippen LogP contribution in [0.5, 0.6) is 5.75 Å². The van der Waals surface area contributed by atoms with Gasteiger partial charge >= 0.3 is 0 Å². The van der Waals surface area contributed by atoms with Gasteiger partial charge in [-0.05, 0) is 50.1 Å². The predicted octanol–water partition coefficient (Wildman–Crippen LogP) is 2.42. The molecule has 0 spiro atoms. The Morgan fingerprint density at radius 1 is 1.27 bits per heavy atom. The Labute approximate surface area is 130 Å². The van der Waals surface area contributed by atoms with E-state index in [2.05, 4.69) is 10.3 Å². The number of hydrogen-bond acceptors (Lipinski definition) is 4. The van der Waals surface area contributed by atoms with Crippen molar-refractivity contribution in [1.82, 2.24) is 10.3 Å². The number of ether oxygens (including phenoxy) is 1. The van der Waals surface area contributed by atoms with E-state index in [0.717, 1.165) is 17.7 Å². The Bertz CT molecular complexity index is 624. The summed E-state index contributed by atoms with van der Waals surface area (Å²) in [7, 11) is 0. The second-order valence-corrected chi connectivity index (χ2v) is 5.26. The van der Waals surface area contributed by atoms with Crippen LogP contribution in [-0.4, -0.2) is 23.5 Å². The van der Waals surface area contributed by atoms with E-state index in [9.17, 15) is 4.79 Å². The van der Waals surface area contributed by atoms with E-state index in [4.69, 9.17) is 10.5 Å². The minimum atomic E-state index is -0.230. The molecule has 0 saturated carbocycles. The van der Waals surface area contributed by atoms with E-state index in [-0.39, 0.29) is 12.0 Å². The third-order valence-corrected chi connectivity index (χ3v) is 3.03. The Morgan fingerprint density at radius 3 is 2.68 bits per heavy atom. The van der Waals surface area contributed by atoms with E-state index >= 15 is 0 Å². The first-order valence-electron chi connectivity index (χ1n) is 7.30. The highest BCUT2D eigenvalue weighted by molar-refractivity contribution is 5.94. The first-order valence-corrected chi connectivity index (χ1v) is 7.30. The summed E-state index contributed by atoms with van der Waals surface area (Å²) in [5.41, 5.74) is 7.81. The molecule has 0 radical (unpaired) electrons. The van der Waals surface area contributed by atoms with Crippen molar-refractivity contribution < 1.29 is 9.53 Å². The van der Waals surface area contributed by atoms with Gasteiger partial charge in [-0.25, -0.2) is 4.98 Å². The molecule has 2 aromatic rings. The number of carbonyl (C=O) groups excluding carboxylic acids is 1. The Hall–Kier alpha value is -2.56. The molecular weight excluding hydrogens is 278 g/mol. The highest BCUT2D eigenvalue weighted by atomic mass is 16.5. The first-order chi connectivity index (χ1) is 10.6. The number of nitrogens with two attached hydrogens (primary N) is 1. The van der Waals surface area contributed by atoms with Crippen molar-refractivity contribution >= 4 is 11.6 Å². The Kier molecular flexibility index (Phi) is 5.36. The van der Waals surface area contributed by atoms with Crippen molar-refractivity contribution in [3.8, 4) is 5.75 Å². The SMILES string of the molecule is CC(C)Oc1cccnc1C(=O)NCCc1ccc(N)cc1. The number of nitrogens with zero attached hydrogens (tertiary/aromatic N) is 1. The lowest BCUT2D eigenvalue weighted by atomic mass is 10.1. The number of rotatable bonds is 6. The lowest BCUT2D eigenvalue weighted by molar-refractivity contribution is 0.0942. The van der Waals surface area contributed by atoms with Crippen LogP contribution in [0.4, 0.5) is 5.69 Å². The second kappa shape index (κ2) is 7.45. The highest BCUT2D eigenvalue weighted by Crippen LogP contribution is 2.16. The fourth-order valence-corrected chi connectivity index (χ4v) is 2.00. The molecule has 0 aliphatic heterocycles. The number of nitrogen functional groups attached to an aromatic ring is 1. The predicted molar refractivity (Wildman–Crippen MR) is 86.9 cm³/mol. The highest BCUT2D eigenvalue weighted by Gasteiger charge is 2.14. The summed E-state index contributed by atoms with van der Waals surface area (Å²) in [4.78, 5) is 16.3. The molecule has 0 aliphatic carbocycles. The summed E-state index contributed by atoms with van der Waals surface area (Å²) >= 11 is 0. The van der Waals surface area contributed by atoms with Gasteiger partial charge in [0.25, 0.3) is 5.91 Å². The van der Waals surface area contributed by atoms with Crippen molar-refractivity contribution in [2.75, 3.05) is 12.3 Å². The molecule has 0 unspecified atom stereocenters. The third-order valence-electron chi connectivity index (χ3n) is 3.03. The fraction of sp³-hybridized carbons (Fsp3) is 0.294. The van der Waals surface area contributed by atoms with E-state index in [0.29, 0.717) is 18.0 Å². The van der Waals surface area contributed by atoms with Crippen molar-refractivity contribution in [2.45, 2.75) is 26.4 Å². The molecule has 5 heteroatoms. The zero-order chi connectivity index (χ0) is 15.9. The van der Waals surface area contributed by atoms with Crippen molar-refractivity contribution in [2.24, 2.45) is 0 Å². The van der Waals surface area contributed by atoms with E-state index in [1.165, 1.54) is 0 Å². The van der Waals surface area contributed by atoms with Crippen molar-refractivity contribution in [3.05, 3.63) is 53.9 Å². The fourth-order valence-electron chi connectivity index (χ4n) is 2.00. The van der Waals surface area contributed by atoms with Crippen LogP contribution in [-0.2, 0) is 6.42 Å². The molecule has 2 rings (SSSR count). The molecule has 22 heavy (non-hydrogen) atoms. The number of carbonyl (C=O) groups is 1. The monoisotopic (exact) mass is 299 g/mol. The van der Waals surface area contributed by atoms with Gasteiger partial charge in [-0.2, -0.15) is 0 Å². The van der Waals surface area contributed by atoms with Gasteiger partial charge in [-0.1, -0.05) is 12.1 Å². The topological polar surface area (TPSA) is 77.2 Å². The molecule has 3 N–H and O–H groups in total. The van der Waals surface area contributed by atoms with Crippen LogP contribution in [0.15, 0.2) is 42.6 Å². The summed E-state index contributed by atoms with van der Waals surface area (Å²) in [6.45, 7) is 4.35. The molecule has 0 aliphatic rings. The van der Waals surface area contributed by atoms with Crippen LogP contribution in [0.25, 0.3) is 0 Å². The number of amides is 1. The van der Waals surface area contributed by atoms with Gasteiger partial charge in [-0.3, -0.25) is 4.79 Å². The zero-order valence-corrected chi connectivity index (χ0v) is 12.9. The molecule has 0 atom stereocenters. The summed E-state index contributed by atoms with van der Waals surface area (Å²) in [6, 6.07) is 11.1. The number of hydrogen-bond donors (Lipinski definition) is 2. The molecule has 1 aromatic heterocycles. The minimum absolute atomic E-state index is 0.00877. The molecule has 1 heterocycles. The summed E-state index contributed by atoms with van der Waals surface area (Å²) in [5, 5.41) is 2.86. The van der Waals surface area contributed by atoms with Crippen LogP contribution in [0, 0.1) is 0 Å². The molecular formula is C17H21N3O2. The summed E-state index contributed by atoms with van der Waals surface area (Å²) in [5.74, 6) is 0.272.